The number of amides is 2. The van der Waals surface area contributed by atoms with Crippen molar-refractivity contribution in [1.29, 1.82) is 0 Å². The minimum atomic E-state index is -0.453. The van der Waals surface area contributed by atoms with Crippen LogP contribution in [-0.4, -0.2) is 39.8 Å². The fraction of sp³-hybridized carbons (Fsp3) is 0.345. The Morgan fingerprint density at radius 2 is 2.08 bits per heavy atom. The van der Waals surface area contributed by atoms with Crippen LogP contribution >= 0.6 is 11.6 Å². The molecule has 1 aliphatic heterocycles. The largest absolute Gasteiger partial charge is 0.469 e. The van der Waals surface area contributed by atoms with Gasteiger partial charge in [0, 0.05) is 24.1 Å². The van der Waals surface area contributed by atoms with Gasteiger partial charge in [-0.25, -0.2) is 9.97 Å². The Hall–Kier alpha value is -4.18. The molecular formula is C29H31ClN6O4. The molecule has 1 aliphatic carbocycles. The lowest BCUT2D eigenvalue weighted by Crippen LogP contribution is -2.37. The standard InChI is InChI=1S/C29H31ClN6O4/c1-40-24(38)14-16-7-9-20-22(13-16)33-23(37)6-4-2-3-5-21(28-35-25(20)26(30)36-28)34-29(39)18-8-10-19-17(15-18)11-12-32-27(19)31/h2-3,7,9,11-13,18,21H,4-6,8,10,14-15H2,1H3,(H2,31,32)(H,33,37)(H,34,39)(H,35,36)/b3-2+/t18?,21-/m0/s1. The Morgan fingerprint density at radius 3 is 2.90 bits per heavy atom. The van der Waals surface area contributed by atoms with Crippen LogP contribution in [0.5, 0.6) is 0 Å². The molecule has 2 amide bonds. The molecule has 10 nitrogen and oxygen atoms in total. The van der Waals surface area contributed by atoms with Crippen molar-refractivity contribution in [2.45, 2.75) is 51.0 Å². The van der Waals surface area contributed by atoms with E-state index in [1.54, 1.807) is 24.4 Å². The summed E-state index contributed by atoms with van der Waals surface area (Å²) in [5, 5.41) is 6.38. The molecule has 3 aromatic rings. The summed E-state index contributed by atoms with van der Waals surface area (Å²) in [4.78, 5) is 50.0. The summed E-state index contributed by atoms with van der Waals surface area (Å²) in [6, 6.07) is 6.74. The molecule has 208 valence electrons. The molecule has 40 heavy (non-hydrogen) atoms. The lowest BCUT2D eigenvalue weighted by molar-refractivity contribution is -0.139. The van der Waals surface area contributed by atoms with E-state index in [2.05, 4.69) is 20.6 Å². The van der Waals surface area contributed by atoms with Gasteiger partial charge in [-0.2, -0.15) is 0 Å². The van der Waals surface area contributed by atoms with E-state index in [1.165, 1.54) is 7.11 Å². The van der Waals surface area contributed by atoms with Gasteiger partial charge in [-0.15, -0.1) is 0 Å². The summed E-state index contributed by atoms with van der Waals surface area (Å²) in [5.74, 6) is 0.205. The highest BCUT2D eigenvalue weighted by Crippen LogP contribution is 2.35. The highest BCUT2D eigenvalue weighted by molar-refractivity contribution is 6.32. The van der Waals surface area contributed by atoms with Crippen LogP contribution in [0.25, 0.3) is 11.3 Å². The van der Waals surface area contributed by atoms with Gasteiger partial charge >= 0.3 is 5.97 Å². The maximum absolute atomic E-state index is 13.4. The zero-order valence-corrected chi connectivity index (χ0v) is 22.9. The molecule has 1 aromatic carbocycles. The molecule has 11 heteroatoms. The first kappa shape index (κ1) is 27.4. The number of pyridine rings is 1. The number of methoxy groups -OCH3 is 1. The monoisotopic (exact) mass is 562 g/mol. The number of aromatic nitrogens is 3. The first-order valence-corrected chi connectivity index (χ1v) is 13.6. The zero-order chi connectivity index (χ0) is 28.2. The number of nitrogens with zero attached hydrogens (tertiary/aromatic N) is 2. The van der Waals surface area contributed by atoms with Gasteiger partial charge in [-0.05, 0) is 60.9 Å². The van der Waals surface area contributed by atoms with E-state index in [1.807, 2.05) is 18.2 Å². The number of esters is 1. The predicted octanol–water partition coefficient (Wildman–Crippen LogP) is 4.06. The van der Waals surface area contributed by atoms with Gasteiger partial charge in [0.05, 0.1) is 25.3 Å². The minimum absolute atomic E-state index is 0.0603. The summed E-state index contributed by atoms with van der Waals surface area (Å²) in [7, 11) is 1.33. The molecule has 0 saturated carbocycles. The second-order valence-corrected chi connectivity index (χ2v) is 10.4. The van der Waals surface area contributed by atoms with Crippen LogP contribution in [-0.2, 0) is 38.4 Å². The molecule has 1 unspecified atom stereocenters. The Bertz CT molecular complexity index is 1480. The van der Waals surface area contributed by atoms with Crippen LogP contribution < -0.4 is 16.4 Å². The second-order valence-electron chi connectivity index (χ2n) is 10.0. The summed E-state index contributed by atoms with van der Waals surface area (Å²) in [6.45, 7) is 0. The van der Waals surface area contributed by atoms with Crippen LogP contribution in [0.3, 0.4) is 0 Å². The third-order valence-electron chi connectivity index (χ3n) is 7.36. The second kappa shape index (κ2) is 11.9. The van der Waals surface area contributed by atoms with Crippen molar-refractivity contribution in [3.8, 4) is 11.3 Å². The highest BCUT2D eigenvalue weighted by Gasteiger charge is 2.29. The van der Waals surface area contributed by atoms with E-state index in [4.69, 9.17) is 27.1 Å². The minimum Gasteiger partial charge on any atom is -0.469 e. The quantitative estimate of drug-likeness (QED) is 0.276. The third-order valence-corrected chi connectivity index (χ3v) is 7.63. The number of nitrogens with one attached hydrogen (secondary N) is 3. The maximum Gasteiger partial charge on any atom is 0.309 e. The van der Waals surface area contributed by atoms with Crippen molar-refractivity contribution in [2.24, 2.45) is 5.92 Å². The molecule has 0 radical (unpaired) electrons. The Kier molecular flexibility index (Phi) is 8.16. The number of fused-ring (bicyclic) bond motifs is 5. The molecule has 2 atom stereocenters. The van der Waals surface area contributed by atoms with Crippen molar-refractivity contribution >= 4 is 40.9 Å². The predicted molar refractivity (Wildman–Crippen MR) is 151 cm³/mol. The van der Waals surface area contributed by atoms with Gasteiger partial charge < -0.3 is 26.1 Å². The Balaban J connectivity index is 1.43. The third kappa shape index (κ3) is 6.02. The molecule has 5 rings (SSSR count). The number of carbonyl (C=O) groups is 3. The average molecular weight is 563 g/mol. The number of ether oxygens (including phenoxy) is 1. The summed E-state index contributed by atoms with van der Waals surface area (Å²) >= 11 is 6.63. The van der Waals surface area contributed by atoms with Crippen molar-refractivity contribution in [1.82, 2.24) is 20.3 Å². The van der Waals surface area contributed by atoms with E-state index in [9.17, 15) is 14.4 Å². The molecular weight excluding hydrogens is 532 g/mol. The smallest absolute Gasteiger partial charge is 0.309 e. The van der Waals surface area contributed by atoms with Crippen molar-refractivity contribution in [2.75, 3.05) is 18.2 Å². The number of halogens is 1. The maximum atomic E-state index is 13.4. The summed E-state index contributed by atoms with van der Waals surface area (Å²) in [5.41, 5.74) is 10.3. The number of hydrogen-bond donors (Lipinski definition) is 4. The van der Waals surface area contributed by atoms with Crippen molar-refractivity contribution in [3.63, 3.8) is 0 Å². The molecule has 2 aliphatic rings. The van der Waals surface area contributed by atoms with E-state index < -0.39 is 6.04 Å². The number of hydrogen-bond acceptors (Lipinski definition) is 7. The van der Waals surface area contributed by atoms with Crippen LogP contribution in [0.4, 0.5) is 11.5 Å². The van der Waals surface area contributed by atoms with Crippen LogP contribution in [0, 0.1) is 5.92 Å². The molecule has 2 aromatic heterocycles. The van der Waals surface area contributed by atoms with E-state index in [-0.39, 0.29) is 41.7 Å². The molecule has 3 heterocycles. The number of rotatable bonds is 4. The van der Waals surface area contributed by atoms with Gasteiger partial charge in [-0.3, -0.25) is 14.4 Å². The molecule has 2 bridgehead atoms. The molecule has 0 spiro atoms. The van der Waals surface area contributed by atoms with Gasteiger partial charge in [0.25, 0.3) is 0 Å². The number of aromatic amines is 1. The number of H-pyrrole nitrogens is 1. The Morgan fingerprint density at radius 1 is 1.23 bits per heavy atom. The number of allylic oxidation sites excluding steroid dienone is 1. The fourth-order valence-electron chi connectivity index (χ4n) is 5.21. The Labute approximate surface area is 236 Å². The lowest BCUT2D eigenvalue weighted by Gasteiger charge is -2.26. The molecule has 5 N–H and O–H groups in total. The first-order chi connectivity index (χ1) is 19.3. The van der Waals surface area contributed by atoms with Crippen LogP contribution in [0.15, 0.2) is 42.6 Å². The number of nitrogens with two attached hydrogens (primary N) is 1. The molecule has 0 saturated heterocycles. The van der Waals surface area contributed by atoms with Gasteiger partial charge in [-0.1, -0.05) is 35.9 Å². The van der Waals surface area contributed by atoms with Gasteiger partial charge in [0.15, 0.2) is 0 Å². The first-order valence-electron chi connectivity index (χ1n) is 13.2. The van der Waals surface area contributed by atoms with Gasteiger partial charge in [0.2, 0.25) is 11.8 Å². The summed E-state index contributed by atoms with van der Waals surface area (Å²) in [6.07, 6.45) is 8.84. The van der Waals surface area contributed by atoms with E-state index in [0.717, 1.165) is 11.1 Å². The number of imidazole rings is 1. The lowest BCUT2D eigenvalue weighted by atomic mass is 9.83. The highest BCUT2D eigenvalue weighted by atomic mass is 35.5. The fourth-order valence-corrected chi connectivity index (χ4v) is 5.45. The van der Waals surface area contributed by atoms with Gasteiger partial charge in [0.1, 0.15) is 22.5 Å². The van der Waals surface area contributed by atoms with Crippen molar-refractivity contribution in [3.05, 3.63) is 70.3 Å². The number of nitrogen functional groups attached to an aromatic ring is 1. The number of carbonyl (C=O) groups excluding carboxylic acids is 3. The SMILES string of the molecule is COC(=O)Cc1ccc2c(c1)NC(=O)CC/C=C/C[C@H](NC(=O)C1CCc3c(ccnc3N)C1)c1nc-2c(Cl)[nH]1. The van der Waals surface area contributed by atoms with Crippen molar-refractivity contribution < 1.29 is 19.1 Å². The molecule has 0 fully saturated rings. The van der Waals surface area contributed by atoms with Crippen LogP contribution in [0.2, 0.25) is 5.15 Å². The van der Waals surface area contributed by atoms with Crippen LogP contribution in [0.1, 0.15) is 54.2 Å². The topological polar surface area (TPSA) is 152 Å². The number of benzene rings is 1. The summed E-state index contributed by atoms with van der Waals surface area (Å²) < 4.78 is 4.78. The van der Waals surface area contributed by atoms with E-state index >= 15 is 0 Å². The normalized spacial score (nSPS) is 19.5. The number of anilines is 2. The average Bonchev–Trinajstić information content (AvgIpc) is 3.33. The zero-order valence-electron chi connectivity index (χ0n) is 22.1. The van der Waals surface area contributed by atoms with E-state index in [0.29, 0.717) is 66.3 Å².